The Morgan fingerprint density at radius 3 is 2.89 bits per heavy atom. The summed E-state index contributed by atoms with van der Waals surface area (Å²) in [6.45, 7) is 4.66. The minimum atomic E-state index is 0.159. The maximum Gasteiger partial charge on any atom is 0.203 e. The second-order valence-corrected chi connectivity index (χ2v) is 5.00. The van der Waals surface area contributed by atoms with E-state index in [1.807, 2.05) is 13.0 Å². The van der Waals surface area contributed by atoms with Gasteiger partial charge in [-0.05, 0) is 62.9 Å². The normalized spacial score (nSPS) is 19.2. The van der Waals surface area contributed by atoms with E-state index in [0.717, 1.165) is 25.1 Å². The third kappa shape index (κ3) is 3.53. The van der Waals surface area contributed by atoms with Crippen LogP contribution in [0.2, 0.25) is 0 Å². The molecule has 1 fully saturated rings. The summed E-state index contributed by atoms with van der Waals surface area (Å²) in [5, 5.41) is 13.4. The van der Waals surface area contributed by atoms with Crippen molar-refractivity contribution in [3.05, 3.63) is 17.7 Å². The van der Waals surface area contributed by atoms with Crippen LogP contribution in [0.3, 0.4) is 0 Å². The molecule has 1 aliphatic heterocycles. The standard InChI is InChI=1S/C15H23NO3/c1-3-19-14-9-12(8-13(17)15(14)18-2)7-11-5-4-6-16-10-11/h8-9,11,16-17H,3-7,10H2,1-2H3. The summed E-state index contributed by atoms with van der Waals surface area (Å²) < 4.78 is 10.7. The maximum atomic E-state index is 10.0. The van der Waals surface area contributed by atoms with Crippen LogP contribution < -0.4 is 14.8 Å². The number of aromatic hydroxyl groups is 1. The molecule has 0 bridgehead atoms. The van der Waals surface area contributed by atoms with E-state index in [1.54, 1.807) is 13.2 Å². The van der Waals surface area contributed by atoms with Gasteiger partial charge in [0.25, 0.3) is 0 Å². The molecule has 4 heteroatoms. The lowest BCUT2D eigenvalue weighted by Crippen LogP contribution is -2.30. The molecule has 19 heavy (non-hydrogen) atoms. The molecule has 1 aliphatic rings. The summed E-state index contributed by atoms with van der Waals surface area (Å²) >= 11 is 0. The smallest absolute Gasteiger partial charge is 0.203 e. The van der Waals surface area contributed by atoms with Crippen LogP contribution in [0.4, 0.5) is 0 Å². The fraction of sp³-hybridized carbons (Fsp3) is 0.600. The van der Waals surface area contributed by atoms with Crippen molar-refractivity contribution in [1.82, 2.24) is 5.32 Å². The number of hydrogen-bond donors (Lipinski definition) is 2. The molecule has 4 nitrogen and oxygen atoms in total. The van der Waals surface area contributed by atoms with Gasteiger partial charge in [0, 0.05) is 0 Å². The van der Waals surface area contributed by atoms with E-state index in [9.17, 15) is 5.11 Å². The number of rotatable bonds is 5. The summed E-state index contributed by atoms with van der Waals surface area (Å²) in [6.07, 6.45) is 3.43. The molecule has 1 heterocycles. The number of ether oxygens (including phenoxy) is 2. The average Bonchev–Trinajstić information content (AvgIpc) is 2.40. The molecule has 1 unspecified atom stereocenters. The molecule has 0 spiro atoms. The van der Waals surface area contributed by atoms with Gasteiger partial charge in [-0.25, -0.2) is 0 Å². The van der Waals surface area contributed by atoms with Crippen molar-refractivity contribution < 1.29 is 14.6 Å². The summed E-state index contributed by atoms with van der Waals surface area (Å²) in [4.78, 5) is 0. The van der Waals surface area contributed by atoms with Crippen LogP contribution in [-0.2, 0) is 6.42 Å². The molecule has 2 rings (SSSR count). The molecule has 0 aliphatic carbocycles. The zero-order chi connectivity index (χ0) is 13.7. The first-order valence-corrected chi connectivity index (χ1v) is 6.98. The largest absolute Gasteiger partial charge is 0.504 e. The van der Waals surface area contributed by atoms with E-state index < -0.39 is 0 Å². The van der Waals surface area contributed by atoms with Crippen LogP contribution in [0.5, 0.6) is 17.2 Å². The highest BCUT2D eigenvalue weighted by atomic mass is 16.5. The molecular weight excluding hydrogens is 242 g/mol. The van der Waals surface area contributed by atoms with Gasteiger partial charge in [-0.15, -0.1) is 0 Å². The fourth-order valence-electron chi connectivity index (χ4n) is 2.66. The zero-order valence-electron chi connectivity index (χ0n) is 11.7. The lowest BCUT2D eigenvalue weighted by molar-refractivity contribution is 0.299. The minimum absolute atomic E-state index is 0.159. The van der Waals surface area contributed by atoms with E-state index in [4.69, 9.17) is 9.47 Å². The van der Waals surface area contributed by atoms with Gasteiger partial charge in [-0.1, -0.05) is 0 Å². The molecule has 0 radical (unpaired) electrons. The highest BCUT2D eigenvalue weighted by Crippen LogP contribution is 2.38. The molecular formula is C15H23NO3. The zero-order valence-corrected chi connectivity index (χ0v) is 11.7. The molecule has 1 saturated heterocycles. The molecule has 1 aromatic rings. The van der Waals surface area contributed by atoms with E-state index in [1.165, 1.54) is 12.8 Å². The van der Waals surface area contributed by atoms with E-state index in [-0.39, 0.29) is 5.75 Å². The predicted molar refractivity (Wildman–Crippen MR) is 75.1 cm³/mol. The number of phenolic OH excluding ortho intramolecular Hbond substituents is 1. The van der Waals surface area contributed by atoms with Crippen molar-refractivity contribution in [2.45, 2.75) is 26.2 Å². The highest BCUT2D eigenvalue weighted by molar-refractivity contribution is 5.53. The first-order chi connectivity index (χ1) is 9.24. The lowest BCUT2D eigenvalue weighted by atomic mass is 9.92. The summed E-state index contributed by atoms with van der Waals surface area (Å²) in [6, 6.07) is 3.77. The second-order valence-electron chi connectivity index (χ2n) is 5.00. The van der Waals surface area contributed by atoms with Crippen LogP contribution in [-0.4, -0.2) is 31.9 Å². The Morgan fingerprint density at radius 2 is 2.26 bits per heavy atom. The Balaban J connectivity index is 2.15. The van der Waals surface area contributed by atoms with Gasteiger partial charge in [0.2, 0.25) is 5.75 Å². The quantitative estimate of drug-likeness (QED) is 0.858. The van der Waals surface area contributed by atoms with Crippen molar-refractivity contribution >= 4 is 0 Å². The van der Waals surface area contributed by atoms with E-state index in [0.29, 0.717) is 24.0 Å². The first-order valence-electron chi connectivity index (χ1n) is 6.98. The van der Waals surface area contributed by atoms with Crippen LogP contribution >= 0.6 is 0 Å². The van der Waals surface area contributed by atoms with Crippen LogP contribution in [0.15, 0.2) is 12.1 Å². The molecule has 0 saturated carbocycles. The van der Waals surface area contributed by atoms with Gasteiger partial charge < -0.3 is 19.9 Å². The Kier molecular flexibility index (Phi) is 4.91. The first kappa shape index (κ1) is 14.0. The van der Waals surface area contributed by atoms with E-state index in [2.05, 4.69) is 5.32 Å². The predicted octanol–water partition coefficient (Wildman–Crippen LogP) is 2.34. The Hall–Kier alpha value is -1.42. The Morgan fingerprint density at radius 1 is 1.42 bits per heavy atom. The second kappa shape index (κ2) is 6.66. The number of nitrogens with one attached hydrogen (secondary N) is 1. The SMILES string of the molecule is CCOc1cc(CC2CCCNC2)cc(O)c1OC. The highest BCUT2D eigenvalue weighted by Gasteiger charge is 2.17. The number of piperidine rings is 1. The van der Waals surface area contributed by atoms with Crippen molar-refractivity contribution in [3.8, 4) is 17.2 Å². The van der Waals surface area contributed by atoms with Crippen LogP contribution in [0, 0.1) is 5.92 Å². The molecule has 1 aromatic carbocycles. The van der Waals surface area contributed by atoms with Gasteiger partial charge in [0.05, 0.1) is 13.7 Å². The van der Waals surface area contributed by atoms with Gasteiger partial charge >= 0.3 is 0 Å². The molecule has 0 aromatic heterocycles. The number of phenols is 1. The Bertz CT molecular complexity index is 414. The minimum Gasteiger partial charge on any atom is -0.504 e. The van der Waals surface area contributed by atoms with Crippen molar-refractivity contribution in [3.63, 3.8) is 0 Å². The van der Waals surface area contributed by atoms with Gasteiger partial charge in [-0.3, -0.25) is 0 Å². The van der Waals surface area contributed by atoms with Gasteiger partial charge in [-0.2, -0.15) is 0 Å². The topological polar surface area (TPSA) is 50.7 Å². The number of methoxy groups -OCH3 is 1. The van der Waals surface area contributed by atoms with E-state index >= 15 is 0 Å². The van der Waals surface area contributed by atoms with Gasteiger partial charge in [0.15, 0.2) is 11.5 Å². The van der Waals surface area contributed by atoms with Crippen molar-refractivity contribution in [2.75, 3.05) is 26.8 Å². The van der Waals surface area contributed by atoms with Crippen LogP contribution in [0.25, 0.3) is 0 Å². The maximum absolute atomic E-state index is 10.0. The number of hydrogen-bond acceptors (Lipinski definition) is 4. The molecule has 0 amide bonds. The fourth-order valence-corrected chi connectivity index (χ4v) is 2.66. The Labute approximate surface area is 114 Å². The monoisotopic (exact) mass is 265 g/mol. The van der Waals surface area contributed by atoms with Crippen molar-refractivity contribution in [2.24, 2.45) is 5.92 Å². The summed E-state index contributed by atoms with van der Waals surface area (Å²) in [5.74, 6) is 1.85. The third-order valence-electron chi connectivity index (χ3n) is 3.52. The lowest BCUT2D eigenvalue weighted by Gasteiger charge is -2.23. The molecule has 106 valence electrons. The van der Waals surface area contributed by atoms with Crippen LogP contribution in [0.1, 0.15) is 25.3 Å². The number of benzene rings is 1. The molecule has 1 atom stereocenters. The third-order valence-corrected chi connectivity index (χ3v) is 3.52. The summed E-state index contributed by atoms with van der Waals surface area (Å²) in [5.41, 5.74) is 1.11. The summed E-state index contributed by atoms with van der Waals surface area (Å²) in [7, 11) is 1.54. The van der Waals surface area contributed by atoms with Crippen molar-refractivity contribution in [1.29, 1.82) is 0 Å². The molecule has 2 N–H and O–H groups in total. The van der Waals surface area contributed by atoms with Gasteiger partial charge in [0.1, 0.15) is 0 Å². The average molecular weight is 265 g/mol.